The number of hydrogen-bond acceptors (Lipinski definition) is 2. The van der Waals surface area contributed by atoms with Crippen LogP contribution < -0.4 is 0 Å². The van der Waals surface area contributed by atoms with Gasteiger partial charge in [0.1, 0.15) is 0 Å². The molecule has 38 valence electrons. The second-order valence-electron chi connectivity index (χ2n) is 0.673. The SMILES string of the molecule is C[18O]P(=O)(O)O. The lowest BCUT2D eigenvalue weighted by Crippen LogP contribution is -1.76. The second-order valence-corrected chi connectivity index (χ2v) is 2.02. The summed E-state index contributed by atoms with van der Waals surface area (Å²) in [6.07, 6.45) is 0. The maximum absolute atomic E-state index is 9.47. The predicted molar refractivity (Wildman–Crippen MR) is 19.1 cm³/mol. The number of phosphoric ester groups is 1. The van der Waals surface area contributed by atoms with E-state index in [0.717, 1.165) is 7.11 Å². The monoisotopic (exact) mass is 114 g/mol. The van der Waals surface area contributed by atoms with Crippen molar-refractivity contribution in [2.45, 2.75) is 0 Å². The van der Waals surface area contributed by atoms with Gasteiger partial charge in [-0.05, 0) is 0 Å². The van der Waals surface area contributed by atoms with Gasteiger partial charge in [0, 0.05) is 7.11 Å². The van der Waals surface area contributed by atoms with Gasteiger partial charge in [-0.3, -0.25) is 4.52 Å². The molecule has 0 saturated heterocycles. The van der Waals surface area contributed by atoms with E-state index in [2.05, 4.69) is 4.52 Å². The minimum absolute atomic E-state index is 0.945. The molecule has 0 aliphatic rings. The molecule has 2 N–H and O–H groups in total. The molecule has 0 aromatic heterocycles. The lowest BCUT2D eigenvalue weighted by atomic mass is 11.8. The van der Waals surface area contributed by atoms with E-state index >= 15 is 0 Å². The molecule has 0 radical (unpaired) electrons. The molecule has 0 atom stereocenters. The third-order valence-corrected chi connectivity index (χ3v) is 0.714. The van der Waals surface area contributed by atoms with E-state index in [1.807, 2.05) is 0 Å². The van der Waals surface area contributed by atoms with Gasteiger partial charge in [0.25, 0.3) is 0 Å². The van der Waals surface area contributed by atoms with Crippen molar-refractivity contribution in [3.8, 4) is 0 Å². The first kappa shape index (κ1) is 6.11. The Balaban J connectivity index is 3.48. The predicted octanol–water partition coefficient (Wildman–Crippen LogP) is -0.275. The van der Waals surface area contributed by atoms with Crippen molar-refractivity contribution in [3.63, 3.8) is 0 Å². The Morgan fingerprint density at radius 1 is 1.67 bits per heavy atom. The Hall–Kier alpha value is 0.110. The molecule has 0 amide bonds. The Labute approximate surface area is 35.0 Å². The fraction of sp³-hybridized carbons (Fsp3) is 1.00. The summed E-state index contributed by atoms with van der Waals surface area (Å²) in [4.78, 5) is 15.4. The highest BCUT2D eigenvalue weighted by molar-refractivity contribution is 7.46. The van der Waals surface area contributed by atoms with Gasteiger partial charge in [-0.1, -0.05) is 0 Å². The van der Waals surface area contributed by atoms with Crippen LogP contribution in [0.4, 0.5) is 0 Å². The van der Waals surface area contributed by atoms with Gasteiger partial charge in [0.15, 0.2) is 0 Å². The van der Waals surface area contributed by atoms with Crippen LogP contribution in [0.2, 0.25) is 0 Å². The van der Waals surface area contributed by atoms with Gasteiger partial charge >= 0.3 is 7.82 Å². The van der Waals surface area contributed by atoms with E-state index in [9.17, 15) is 4.57 Å². The maximum atomic E-state index is 9.47. The molecule has 0 aliphatic carbocycles. The van der Waals surface area contributed by atoms with Gasteiger partial charge in [0.2, 0.25) is 0 Å². The maximum Gasteiger partial charge on any atom is 0.469 e. The zero-order chi connectivity index (χ0) is 5.21. The third kappa shape index (κ3) is 4.11. The molecule has 0 spiro atoms. The first-order chi connectivity index (χ1) is 2.56. The van der Waals surface area contributed by atoms with Crippen LogP contribution in [0.3, 0.4) is 0 Å². The van der Waals surface area contributed by atoms with Crippen LogP contribution in [0.25, 0.3) is 0 Å². The highest BCUT2D eigenvalue weighted by Crippen LogP contribution is 2.33. The Morgan fingerprint density at radius 3 is 1.83 bits per heavy atom. The van der Waals surface area contributed by atoms with E-state index in [4.69, 9.17) is 9.79 Å². The van der Waals surface area contributed by atoms with Crippen LogP contribution in [0.5, 0.6) is 0 Å². The second kappa shape index (κ2) is 1.71. The molecule has 0 fully saturated rings. The van der Waals surface area contributed by atoms with Crippen molar-refractivity contribution in [1.82, 2.24) is 0 Å². The van der Waals surface area contributed by atoms with Crippen LogP contribution in [0.1, 0.15) is 0 Å². The zero-order valence-corrected chi connectivity index (χ0v) is 4.05. The van der Waals surface area contributed by atoms with Crippen molar-refractivity contribution in [3.05, 3.63) is 0 Å². The first-order valence-corrected chi connectivity index (χ1v) is 2.70. The molecule has 4 nitrogen and oxygen atoms in total. The standard InChI is InChI=1S/CH5O4P/c1-5-6(2,3)4/h1H3,(H2,2,3,4)/i5+2. The summed E-state index contributed by atoms with van der Waals surface area (Å²) < 4.78 is 13.1. The van der Waals surface area contributed by atoms with Crippen LogP contribution in [-0.4, -0.2) is 16.9 Å². The largest absolute Gasteiger partial charge is 0.469 e. The summed E-state index contributed by atoms with van der Waals surface area (Å²) in [5.74, 6) is 0. The van der Waals surface area contributed by atoms with Gasteiger partial charge in [0.05, 0.1) is 0 Å². The van der Waals surface area contributed by atoms with E-state index < -0.39 is 7.82 Å². The average molecular weight is 114 g/mol. The zero-order valence-electron chi connectivity index (χ0n) is 3.16. The van der Waals surface area contributed by atoms with Crippen LogP contribution in [-0.2, 0) is 9.09 Å². The summed E-state index contributed by atoms with van der Waals surface area (Å²) in [5.41, 5.74) is 0. The number of hydrogen-bond donors (Lipinski definition) is 2. The summed E-state index contributed by atoms with van der Waals surface area (Å²) in [6.45, 7) is 0. The molecule has 0 unspecified atom stereocenters. The Morgan fingerprint density at radius 2 is 1.83 bits per heavy atom. The third-order valence-electron chi connectivity index (χ3n) is 0.238. The van der Waals surface area contributed by atoms with E-state index in [0.29, 0.717) is 0 Å². The number of phosphoric acid groups is 1. The Bertz CT molecular complexity index is 71.6. The first-order valence-electron chi connectivity index (χ1n) is 1.17. The van der Waals surface area contributed by atoms with Crippen molar-refractivity contribution in [2.24, 2.45) is 0 Å². The summed E-state index contributed by atoms with van der Waals surface area (Å²) >= 11 is 0. The summed E-state index contributed by atoms with van der Waals surface area (Å²) in [6, 6.07) is 0. The molecule has 0 aliphatic heterocycles. The minimum atomic E-state index is -4.15. The highest BCUT2D eigenvalue weighted by atomic mass is 31.2. The molecular formula is CH5O4P. The molecule has 0 aromatic carbocycles. The van der Waals surface area contributed by atoms with Gasteiger partial charge in [-0.15, -0.1) is 0 Å². The van der Waals surface area contributed by atoms with Crippen molar-refractivity contribution >= 4 is 7.82 Å². The van der Waals surface area contributed by atoms with Crippen molar-refractivity contribution < 1.29 is 18.9 Å². The molecule has 6 heavy (non-hydrogen) atoms. The van der Waals surface area contributed by atoms with Gasteiger partial charge < -0.3 is 9.79 Å². The molecule has 0 bridgehead atoms. The van der Waals surface area contributed by atoms with E-state index in [1.54, 1.807) is 0 Å². The smallest absolute Gasteiger partial charge is 0.303 e. The normalized spacial score (nSPS) is 11.8. The molecule has 0 heterocycles. The van der Waals surface area contributed by atoms with Crippen LogP contribution in [0.15, 0.2) is 0 Å². The van der Waals surface area contributed by atoms with E-state index in [1.165, 1.54) is 0 Å². The Kier molecular flexibility index (Phi) is 1.74. The fourth-order valence-electron chi connectivity index (χ4n) is 0. The highest BCUT2D eigenvalue weighted by Gasteiger charge is 2.07. The molecule has 0 saturated carbocycles. The van der Waals surface area contributed by atoms with Crippen molar-refractivity contribution in [1.29, 1.82) is 0 Å². The topological polar surface area (TPSA) is 66.8 Å². The van der Waals surface area contributed by atoms with Gasteiger partial charge in [-0.2, -0.15) is 0 Å². The molecule has 0 rings (SSSR count). The summed E-state index contributed by atoms with van der Waals surface area (Å²) in [7, 11) is -3.20. The number of rotatable bonds is 1. The average Bonchev–Trinajstić information content (AvgIpc) is 1.35. The van der Waals surface area contributed by atoms with E-state index in [-0.39, 0.29) is 0 Å². The lowest BCUT2D eigenvalue weighted by Gasteiger charge is -1.93. The van der Waals surface area contributed by atoms with Crippen LogP contribution in [0, 0.1) is 0 Å². The fourth-order valence-corrected chi connectivity index (χ4v) is 0. The lowest BCUT2D eigenvalue weighted by molar-refractivity contribution is 0.235. The van der Waals surface area contributed by atoms with Crippen LogP contribution >= 0.6 is 7.82 Å². The molecule has 5 heteroatoms. The minimum Gasteiger partial charge on any atom is -0.303 e. The molecular weight excluding hydrogens is 109 g/mol. The summed E-state index contributed by atoms with van der Waals surface area (Å²) in [5, 5.41) is 0. The quantitative estimate of drug-likeness (QED) is 0.363. The van der Waals surface area contributed by atoms with Gasteiger partial charge in [-0.25, -0.2) is 4.57 Å². The molecule has 0 aromatic rings. The van der Waals surface area contributed by atoms with Crippen molar-refractivity contribution in [2.75, 3.05) is 7.11 Å².